The summed E-state index contributed by atoms with van der Waals surface area (Å²) in [5.41, 5.74) is 0.753. The van der Waals surface area contributed by atoms with Crippen molar-refractivity contribution in [3.63, 3.8) is 0 Å². The molecule has 0 atom stereocenters. The number of hydrogen-bond donors (Lipinski definition) is 0. The second-order valence-electron chi connectivity index (χ2n) is 7.06. The van der Waals surface area contributed by atoms with Gasteiger partial charge in [-0.3, -0.25) is 9.59 Å². The Labute approximate surface area is 184 Å². The van der Waals surface area contributed by atoms with Gasteiger partial charge in [-0.25, -0.2) is 8.42 Å². The number of carbonyl (C=O) groups is 2. The summed E-state index contributed by atoms with van der Waals surface area (Å²) in [6.07, 6.45) is 2.64. The van der Waals surface area contributed by atoms with Crippen LogP contribution in [0.2, 0.25) is 0 Å². The Hall–Kier alpha value is -3.11. The van der Waals surface area contributed by atoms with Crippen LogP contribution in [0.1, 0.15) is 22.8 Å². The Morgan fingerprint density at radius 3 is 2.22 bits per heavy atom. The smallest absolute Gasteiger partial charge is 0.387 e. The van der Waals surface area contributed by atoms with Crippen molar-refractivity contribution in [1.29, 1.82) is 0 Å². The van der Waals surface area contributed by atoms with E-state index in [-0.39, 0.29) is 48.5 Å². The number of para-hydroxylation sites is 1. The molecule has 0 bridgehead atoms. The standard InChI is InChI=1S/C22H22F2N2O5S/c1-16(27)17-6-9-19(10-7-17)32(29,30)26-14-12-25(13-15-26)21(28)11-8-18-4-2-3-5-20(18)31-22(23)24/h2-11,22H,12-15H2,1H3/b11-8+. The van der Waals surface area contributed by atoms with Crippen LogP contribution in [0.4, 0.5) is 8.78 Å². The normalized spacial score (nSPS) is 15.3. The first-order valence-corrected chi connectivity index (χ1v) is 11.2. The molecule has 1 aliphatic heterocycles. The highest BCUT2D eigenvalue weighted by atomic mass is 32.2. The third-order valence-electron chi connectivity index (χ3n) is 4.99. The molecule has 10 heteroatoms. The molecule has 0 unspecified atom stereocenters. The lowest BCUT2D eigenvalue weighted by molar-refractivity contribution is -0.127. The number of carbonyl (C=O) groups excluding carboxylic acids is 2. The van der Waals surface area contributed by atoms with Crippen LogP contribution in [0.15, 0.2) is 59.5 Å². The molecule has 1 fully saturated rings. The van der Waals surface area contributed by atoms with Crippen molar-refractivity contribution in [2.24, 2.45) is 0 Å². The number of ketones is 1. The number of ether oxygens (including phenoxy) is 1. The number of alkyl halides is 2. The number of nitrogens with zero attached hydrogens (tertiary/aromatic N) is 2. The summed E-state index contributed by atoms with van der Waals surface area (Å²) in [6.45, 7) is -0.984. The van der Waals surface area contributed by atoms with Crippen molar-refractivity contribution in [1.82, 2.24) is 9.21 Å². The van der Waals surface area contributed by atoms with E-state index in [1.54, 1.807) is 18.2 Å². The maximum absolute atomic E-state index is 12.8. The molecule has 0 aliphatic carbocycles. The summed E-state index contributed by atoms with van der Waals surface area (Å²) >= 11 is 0. The fraction of sp³-hybridized carbons (Fsp3) is 0.273. The average molecular weight is 464 g/mol. The molecule has 1 saturated heterocycles. The topological polar surface area (TPSA) is 84.0 Å². The number of halogens is 2. The molecular weight excluding hydrogens is 442 g/mol. The lowest BCUT2D eigenvalue weighted by Crippen LogP contribution is -2.50. The second kappa shape index (κ2) is 10.0. The van der Waals surface area contributed by atoms with E-state index >= 15 is 0 Å². The van der Waals surface area contributed by atoms with Gasteiger partial charge in [0.15, 0.2) is 5.78 Å². The summed E-state index contributed by atoms with van der Waals surface area (Å²) in [6, 6.07) is 11.8. The third-order valence-corrected chi connectivity index (χ3v) is 6.90. The average Bonchev–Trinajstić information content (AvgIpc) is 2.78. The van der Waals surface area contributed by atoms with Crippen molar-refractivity contribution >= 4 is 27.8 Å². The van der Waals surface area contributed by atoms with Gasteiger partial charge in [0.25, 0.3) is 0 Å². The van der Waals surface area contributed by atoms with E-state index in [4.69, 9.17) is 0 Å². The first kappa shape index (κ1) is 23.6. The van der Waals surface area contributed by atoms with E-state index < -0.39 is 16.6 Å². The molecule has 3 rings (SSSR count). The molecule has 32 heavy (non-hydrogen) atoms. The van der Waals surface area contributed by atoms with Crippen molar-refractivity contribution in [2.75, 3.05) is 26.2 Å². The zero-order chi connectivity index (χ0) is 23.3. The first-order valence-electron chi connectivity index (χ1n) is 9.80. The number of hydrogen-bond acceptors (Lipinski definition) is 5. The summed E-state index contributed by atoms with van der Waals surface area (Å²) in [5, 5.41) is 0. The highest BCUT2D eigenvalue weighted by Gasteiger charge is 2.29. The largest absolute Gasteiger partial charge is 0.434 e. The minimum absolute atomic E-state index is 0.0433. The van der Waals surface area contributed by atoms with E-state index in [1.807, 2.05) is 0 Å². The van der Waals surface area contributed by atoms with Crippen LogP contribution in [-0.4, -0.2) is 62.1 Å². The molecule has 2 aromatic rings. The van der Waals surface area contributed by atoms with Crippen LogP contribution >= 0.6 is 0 Å². The van der Waals surface area contributed by atoms with Crippen molar-refractivity contribution in [3.8, 4) is 5.75 Å². The van der Waals surface area contributed by atoms with Crippen LogP contribution in [0.3, 0.4) is 0 Å². The van der Waals surface area contributed by atoms with Crippen molar-refractivity contribution in [2.45, 2.75) is 18.4 Å². The Balaban J connectivity index is 1.62. The van der Waals surface area contributed by atoms with Gasteiger partial charge in [-0.1, -0.05) is 30.3 Å². The molecule has 170 valence electrons. The number of rotatable bonds is 7. The van der Waals surface area contributed by atoms with E-state index in [9.17, 15) is 26.8 Å². The Bertz CT molecular complexity index is 1110. The molecule has 0 radical (unpaired) electrons. The molecule has 0 saturated carbocycles. The van der Waals surface area contributed by atoms with Crippen LogP contribution < -0.4 is 4.74 Å². The SMILES string of the molecule is CC(=O)c1ccc(S(=O)(=O)N2CCN(C(=O)/C=C/c3ccccc3OC(F)F)CC2)cc1. The van der Waals surface area contributed by atoms with Gasteiger partial charge in [0.1, 0.15) is 5.75 Å². The molecule has 0 spiro atoms. The monoisotopic (exact) mass is 464 g/mol. The highest BCUT2D eigenvalue weighted by Crippen LogP contribution is 2.22. The molecule has 0 N–H and O–H groups in total. The van der Waals surface area contributed by atoms with Gasteiger partial charge in [0.2, 0.25) is 15.9 Å². The van der Waals surface area contributed by atoms with E-state index in [0.29, 0.717) is 11.1 Å². The third kappa shape index (κ3) is 5.57. The molecule has 0 aromatic heterocycles. The Morgan fingerprint density at radius 2 is 1.62 bits per heavy atom. The van der Waals surface area contributed by atoms with Gasteiger partial charge in [-0.05, 0) is 31.2 Å². The maximum Gasteiger partial charge on any atom is 0.387 e. The van der Waals surface area contributed by atoms with E-state index in [0.717, 1.165) is 0 Å². The zero-order valence-corrected chi connectivity index (χ0v) is 18.1. The van der Waals surface area contributed by atoms with Crippen LogP contribution in [-0.2, 0) is 14.8 Å². The Morgan fingerprint density at radius 1 is 1.00 bits per heavy atom. The number of sulfonamides is 1. The maximum atomic E-state index is 12.8. The number of amides is 1. The quantitative estimate of drug-likeness (QED) is 0.465. The van der Waals surface area contributed by atoms with Crippen LogP contribution in [0.25, 0.3) is 6.08 Å². The van der Waals surface area contributed by atoms with Gasteiger partial charge < -0.3 is 9.64 Å². The first-order chi connectivity index (χ1) is 15.2. The minimum atomic E-state index is -3.75. The van der Waals surface area contributed by atoms with Gasteiger partial charge in [-0.2, -0.15) is 13.1 Å². The second-order valence-corrected chi connectivity index (χ2v) is 9.00. The fourth-order valence-electron chi connectivity index (χ4n) is 3.25. The molecular formula is C22H22F2N2O5S. The lowest BCUT2D eigenvalue weighted by Gasteiger charge is -2.33. The summed E-state index contributed by atoms with van der Waals surface area (Å²) < 4.78 is 56.4. The highest BCUT2D eigenvalue weighted by molar-refractivity contribution is 7.89. The number of benzene rings is 2. The van der Waals surface area contributed by atoms with E-state index in [2.05, 4.69) is 4.74 Å². The van der Waals surface area contributed by atoms with Gasteiger partial charge in [0.05, 0.1) is 4.90 Å². The predicted molar refractivity (Wildman–Crippen MR) is 114 cm³/mol. The Kier molecular flexibility index (Phi) is 7.37. The minimum Gasteiger partial charge on any atom is -0.434 e. The molecule has 2 aromatic carbocycles. The number of Topliss-reactive ketones (excluding diaryl/α,β-unsaturated/α-hetero) is 1. The zero-order valence-electron chi connectivity index (χ0n) is 17.3. The summed E-state index contributed by atoms with van der Waals surface area (Å²) in [4.78, 5) is 25.4. The molecule has 7 nitrogen and oxygen atoms in total. The van der Waals surface area contributed by atoms with Crippen LogP contribution in [0.5, 0.6) is 5.75 Å². The van der Waals surface area contributed by atoms with Crippen molar-refractivity contribution in [3.05, 3.63) is 65.7 Å². The van der Waals surface area contributed by atoms with Crippen molar-refractivity contribution < 1.29 is 31.5 Å². The van der Waals surface area contributed by atoms with Gasteiger partial charge >= 0.3 is 6.61 Å². The van der Waals surface area contributed by atoms with E-state index in [1.165, 1.54) is 58.6 Å². The summed E-state index contributed by atoms with van der Waals surface area (Å²) in [7, 11) is -3.75. The fourth-order valence-corrected chi connectivity index (χ4v) is 4.67. The van der Waals surface area contributed by atoms with Crippen LogP contribution in [0, 0.1) is 0 Å². The molecule has 1 amide bonds. The number of piperazine rings is 1. The van der Waals surface area contributed by atoms with Gasteiger partial charge in [0, 0.05) is 43.4 Å². The molecule has 1 aliphatic rings. The lowest BCUT2D eigenvalue weighted by atomic mass is 10.2. The summed E-state index contributed by atoms with van der Waals surface area (Å²) in [5.74, 6) is -0.560. The predicted octanol–water partition coefficient (Wildman–Crippen LogP) is 3.04. The molecule has 1 heterocycles. The van der Waals surface area contributed by atoms with Gasteiger partial charge in [-0.15, -0.1) is 0 Å².